The van der Waals surface area contributed by atoms with Crippen LogP contribution < -0.4 is 10.6 Å². The predicted octanol–water partition coefficient (Wildman–Crippen LogP) is 0.688. The molecule has 1 aliphatic heterocycles. The number of rotatable bonds is 5. The summed E-state index contributed by atoms with van der Waals surface area (Å²) >= 11 is 0. The highest BCUT2D eigenvalue weighted by molar-refractivity contribution is 5.83. The van der Waals surface area contributed by atoms with Crippen LogP contribution in [-0.2, 0) is 4.79 Å². The fourth-order valence-corrected chi connectivity index (χ4v) is 2.62. The van der Waals surface area contributed by atoms with E-state index in [4.69, 9.17) is 0 Å². The largest absolute Gasteiger partial charge is 0.352 e. The van der Waals surface area contributed by atoms with Crippen LogP contribution in [0.1, 0.15) is 27.2 Å². The molecule has 1 amide bonds. The quantitative estimate of drug-likeness (QED) is 0.744. The summed E-state index contributed by atoms with van der Waals surface area (Å²) in [6.45, 7) is 8.99. The van der Waals surface area contributed by atoms with E-state index >= 15 is 0 Å². The monoisotopic (exact) mass is 241 g/mol. The summed E-state index contributed by atoms with van der Waals surface area (Å²) in [5.74, 6) is 0.593. The SMILES string of the molecule is CC(CN(C)C)NC(=O)C1(C(C)C)CCNC1. The highest BCUT2D eigenvalue weighted by atomic mass is 16.2. The number of nitrogens with zero attached hydrogens (tertiary/aromatic N) is 1. The second kappa shape index (κ2) is 5.83. The molecule has 0 radical (unpaired) electrons. The lowest BCUT2D eigenvalue weighted by Gasteiger charge is -2.33. The maximum atomic E-state index is 12.4. The molecule has 0 saturated carbocycles. The van der Waals surface area contributed by atoms with E-state index in [1.165, 1.54) is 0 Å². The Bertz CT molecular complexity index is 257. The summed E-state index contributed by atoms with van der Waals surface area (Å²) in [7, 11) is 4.05. The Morgan fingerprint density at radius 2 is 2.06 bits per heavy atom. The number of carbonyl (C=O) groups excluding carboxylic acids is 1. The lowest BCUT2D eigenvalue weighted by atomic mass is 9.75. The van der Waals surface area contributed by atoms with Gasteiger partial charge in [0.1, 0.15) is 0 Å². The van der Waals surface area contributed by atoms with Gasteiger partial charge in [0.15, 0.2) is 0 Å². The van der Waals surface area contributed by atoms with Gasteiger partial charge in [-0.15, -0.1) is 0 Å². The molecule has 0 aromatic heterocycles. The van der Waals surface area contributed by atoms with Gasteiger partial charge in [0.25, 0.3) is 0 Å². The molecule has 100 valence electrons. The van der Waals surface area contributed by atoms with Crippen LogP contribution >= 0.6 is 0 Å². The summed E-state index contributed by atoms with van der Waals surface area (Å²) in [5, 5.41) is 6.47. The van der Waals surface area contributed by atoms with Gasteiger partial charge >= 0.3 is 0 Å². The Morgan fingerprint density at radius 1 is 1.41 bits per heavy atom. The Morgan fingerprint density at radius 3 is 2.47 bits per heavy atom. The van der Waals surface area contributed by atoms with Crippen molar-refractivity contribution in [1.29, 1.82) is 0 Å². The van der Waals surface area contributed by atoms with E-state index in [-0.39, 0.29) is 17.4 Å². The minimum atomic E-state index is -0.208. The van der Waals surface area contributed by atoms with E-state index in [2.05, 4.69) is 36.3 Å². The number of carbonyl (C=O) groups is 1. The number of nitrogens with one attached hydrogen (secondary N) is 2. The average Bonchev–Trinajstić information content (AvgIpc) is 2.65. The normalized spacial score (nSPS) is 26.5. The molecular weight excluding hydrogens is 214 g/mol. The summed E-state index contributed by atoms with van der Waals surface area (Å²) in [6.07, 6.45) is 0.950. The molecule has 0 aromatic carbocycles. The first kappa shape index (κ1) is 14.5. The van der Waals surface area contributed by atoms with Crippen LogP contribution in [0, 0.1) is 11.3 Å². The molecule has 2 N–H and O–H groups in total. The third kappa shape index (κ3) is 3.42. The minimum Gasteiger partial charge on any atom is -0.352 e. The lowest BCUT2D eigenvalue weighted by molar-refractivity contribution is -0.133. The first-order valence-corrected chi connectivity index (χ1v) is 6.55. The molecule has 4 heteroatoms. The Hall–Kier alpha value is -0.610. The number of likely N-dealkylation sites (N-methyl/N-ethyl adjacent to an activating group) is 1. The van der Waals surface area contributed by atoms with Crippen LogP contribution in [0.4, 0.5) is 0 Å². The molecule has 1 saturated heterocycles. The molecule has 1 rings (SSSR count). The van der Waals surface area contributed by atoms with Gasteiger partial charge in [0.05, 0.1) is 5.41 Å². The maximum Gasteiger partial charge on any atom is 0.228 e. The Balaban J connectivity index is 2.61. The topological polar surface area (TPSA) is 44.4 Å². The maximum absolute atomic E-state index is 12.4. The van der Waals surface area contributed by atoms with Crippen molar-refractivity contribution in [3.05, 3.63) is 0 Å². The van der Waals surface area contributed by atoms with Crippen molar-refractivity contribution in [2.75, 3.05) is 33.7 Å². The molecule has 1 fully saturated rings. The minimum absolute atomic E-state index is 0.203. The van der Waals surface area contributed by atoms with Crippen LogP contribution in [-0.4, -0.2) is 50.6 Å². The first-order chi connectivity index (χ1) is 7.88. The molecule has 0 spiro atoms. The fourth-order valence-electron chi connectivity index (χ4n) is 2.62. The average molecular weight is 241 g/mol. The van der Waals surface area contributed by atoms with E-state index in [9.17, 15) is 4.79 Å². The molecule has 0 bridgehead atoms. The molecule has 2 unspecified atom stereocenters. The van der Waals surface area contributed by atoms with Crippen molar-refractivity contribution in [3.8, 4) is 0 Å². The predicted molar refractivity (Wildman–Crippen MR) is 70.9 cm³/mol. The van der Waals surface area contributed by atoms with Crippen molar-refractivity contribution in [1.82, 2.24) is 15.5 Å². The molecule has 1 heterocycles. The number of hydrogen-bond acceptors (Lipinski definition) is 3. The standard InChI is InChI=1S/C13H27N3O/c1-10(2)13(6-7-14-9-13)12(17)15-11(3)8-16(4)5/h10-11,14H,6-9H2,1-5H3,(H,15,17). The molecule has 4 nitrogen and oxygen atoms in total. The Kier molecular flexibility index (Phi) is 4.95. The molecule has 17 heavy (non-hydrogen) atoms. The molecule has 0 aliphatic carbocycles. The van der Waals surface area contributed by atoms with Gasteiger partial charge in [-0.3, -0.25) is 4.79 Å². The highest BCUT2D eigenvalue weighted by Gasteiger charge is 2.44. The lowest BCUT2D eigenvalue weighted by Crippen LogP contribution is -2.50. The van der Waals surface area contributed by atoms with Gasteiger partial charge in [-0.25, -0.2) is 0 Å². The van der Waals surface area contributed by atoms with E-state index in [0.29, 0.717) is 5.92 Å². The summed E-state index contributed by atoms with van der Waals surface area (Å²) in [5.41, 5.74) is -0.208. The Labute approximate surface area is 105 Å². The fraction of sp³-hybridized carbons (Fsp3) is 0.923. The van der Waals surface area contributed by atoms with Crippen LogP contribution in [0.25, 0.3) is 0 Å². The van der Waals surface area contributed by atoms with E-state index in [1.54, 1.807) is 0 Å². The summed E-state index contributed by atoms with van der Waals surface area (Å²) < 4.78 is 0. The summed E-state index contributed by atoms with van der Waals surface area (Å²) in [4.78, 5) is 14.5. The molecule has 1 aliphatic rings. The zero-order valence-corrected chi connectivity index (χ0v) is 11.8. The van der Waals surface area contributed by atoms with Crippen molar-refractivity contribution in [2.45, 2.75) is 33.2 Å². The van der Waals surface area contributed by atoms with Crippen molar-refractivity contribution < 1.29 is 4.79 Å². The van der Waals surface area contributed by atoms with E-state index in [0.717, 1.165) is 26.1 Å². The number of hydrogen-bond donors (Lipinski definition) is 2. The van der Waals surface area contributed by atoms with Gasteiger partial charge in [-0.1, -0.05) is 13.8 Å². The van der Waals surface area contributed by atoms with Crippen molar-refractivity contribution in [3.63, 3.8) is 0 Å². The highest BCUT2D eigenvalue weighted by Crippen LogP contribution is 2.34. The van der Waals surface area contributed by atoms with Crippen molar-refractivity contribution >= 4 is 5.91 Å². The molecule has 0 aromatic rings. The zero-order valence-electron chi connectivity index (χ0n) is 11.8. The van der Waals surface area contributed by atoms with E-state index < -0.39 is 0 Å². The van der Waals surface area contributed by atoms with Gasteiger partial charge < -0.3 is 15.5 Å². The molecule has 2 atom stereocenters. The van der Waals surface area contributed by atoms with Crippen LogP contribution in [0.2, 0.25) is 0 Å². The zero-order chi connectivity index (χ0) is 13.1. The number of amides is 1. The van der Waals surface area contributed by atoms with E-state index in [1.807, 2.05) is 14.1 Å². The van der Waals surface area contributed by atoms with Crippen LogP contribution in [0.3, 0.4) is 0 Å². The van der Waals surface area contributed by atoms with Gasteiger partial charge in [0, 0.05) is 19.1 Å². The van der Waals surface area contributed by atoms with Crippen LogP contribution in [0.15, 0.2) is 0 Å². The second-order valence-electron chi connectivity index (χ2n) is 5.87. The third-order valence-electron chi connectivity index (χ3n) is 3.76. The summed E-state index contributed by atoms with van der Waals surface area (Å²) in [6, 6.07) is 0.203. The van der Waals surface area contributed by atoms with Gasteiger partial charge in [0.2, 0.25) is 5.91 Å². The smallest absolute Gasteiger partial charge is 0.228 e. The van der Waals surface area contributed by atoms with Crippen LogP contribution in [0.5, 0.6) is 0 Å². The van der Waals surface area contributed by atoms with Gasteiger partial charge in [-0.05, 0) is 39.9 Å². The van der Waals surface area contributed by atoms with Crippen molar-refractivity contribution in [2.24, 2.45) is 11.3 Å². The van der Waals surface area contributed by atoms with Gasteiger partial charge in [-0.2, -0.15) is 0 Å². The second-order valence-corrected chi connectivity index (χ2v) is 5.87. The molecular formula is C13H27N3O. The first-order valence-electron chi connectivity index (χ1n) is 6.55. The third-order valence-corrected chi connectivity index (χ3v) is 3.76.